The Bertz CT molecular complexity index is 616. The first kappa shape index (κ1) is 14.9. The Balaban J connectivity index is 2.13. The molecule has 0 saturated carbocycles. The molecular weight excluding hydrogens is 337 g/mol. The fraction of sp³-hybridized carbons (Fsp3) is 0.308. The lowest BCUT2D eigenvalue weighted by Gasteiger charge is -2.11. The highest BCUT2D eigenvalue weighted by atomic mass is 79.9. The van der Waals surface area contributed by atoms with Crippen LogP contribution in [0.1, 0.15) is 12.8 Å². The van der Waals surface area contributed by atoms with Crippen LogP contribution in [-0.4, -0.2) is 17.8 Å². The minimum absolute atomic E-state index is 0.0176. The monoisotopic (exact) mass is 348 g/mol. The fourth-order valence-corrected chi connectivity index (χ4v) is 2.09. The number of pyridine rings is 1. The van der Waals surface area contributed by atoms with E-state index in [2.05, 4.69) is 20.9 Å². The van der Waals surface area contributed by atoms with E-state index in [9.17, 15) is 13.2 Å². The molecule has 0 spiro atoms. The smallest absolute Gasteiger partial charge is 0.389 e. The maximum atomic E-state index is 12.0. The molecular formula is C13H12BrF3N2O. The van der Waals surface area contributed by atoms with E-state index in [1.54, 1.807) is 24.4 Å². The molecule has 2 aromatic rings. The Morgan fingerprint density at radius 2 is 2.05 bits per heavy atom. The second-order valence-electron chi connectivity index (χ2n) is 4.27. The molecule has 1 aromatic heterocycles. The average molecular weight is 349 g/mol. The van der Waals surface area contributed by atoms with Gasteiger partial charge < -0.3 is 10.5 Å². The van der Waals surface area contributed by atoms with Crippen molar-refractivity contribution in [3.63, 3.8) is 0 Å². The van der Waals surface area contributed by atoms with Crippen LogP contribution in [-0.2, 0) is 0 Å². The molecule has 0 radical (unpaired) electrons. The van der Waals surface area contributed by atoms with Crippen molar-refractivity contribution in [1.29, 1.82) is 0 Å². The van der Waals surface area contributed by atoms with Gasteiger partial charge in [-0.3, -0.25) is 4.98 Å². The molecule has 0 saturated heterocycles. The second kappa shape index (κ2) is 5.87. The SMILES string of the molecule is Nc1ccc(OCCCC(F)(F)F)c2ncc(Br)cc12. The first-order valence-electron chi connectivity index (χ1n) is 5.90. The van der Waals surface area contributed by atoms with Gasteiger partial charge in [0.05, 0.1) is 6.61 Å². The molecule has 1 heterocycles. The van der Waals surface area contributed by atoms with Crippen LogP contribution in [0.4, 0.5) is 18.9 Å². The van der Waals surface area contributed by atoms with Gasteiger partial charge in [-0.15, -0.1) is 0 Å². The summed E-state index contributed by atoms with van der Waals surface area (Å²) in [6.07, 6.45) is -3.52. The minimum Gasteiger partial charge on any atom is -0.491 e. The largest absolute Gasteiger partial charge is 0.491 e. The van der Waals surface area contributed by atoms with Crippen LogP contribution >= 0.6 is 15.9 Å². The van der Waals surface area contributed by atoms with Crippen LogP contribution in [0.15, 0.2) is 28.9 Å². The van der Waals surface area contributed by atoms with Crippen molar-refractivity contribution in [3.05, 3.63) is 28.9 Å². The fourth-order valence-electron chi connectivity index (χ4n) is 1.76. The van der Waals surface area contributed by atoms with Gasteiger partial charge in [-0.25, -0.2) is 0 Å². The van der Waals surface area contributed by atoms with Crippen molar-refractivity contribution in [3.8, 4) is 5.75 Å². The molecule has 108 valence electrons. The van der Waals surface area contributed by atoms with Gasteiger partial charge in [0.1, 0.15) is 11.3 Å². The summed E-state index contributed by atoms with van der Waals surface area (Å²) >= 11 is 3.29. The van der Waals surface area contributed by atoms with E-state index < -0.39 is 12.6 Å². The highest BCUT2D eigenvalue weighted by Gasteiger charge is 2.26. The number of hydrogen-bond donors (Lipinski definition) is 1. The van der Waals surface area contributed by atoms with E-state index in [4.69, 9.17) is 10.5 Å². The Kier molecular flexibility index (Phi) is 4.37. The third-order valence-electron chi connectivity index (χ3n) is 2.68. The summed E-state index contributed by atoms with van der Waals surface area (Å²) in [4.78, 5) is 4.19. The molecule has 2 N–H and O–H groups in total. The van der Waals surface area contributed by atoms with Gasteiger partial charge in [0.2, 0.25) is 0 Å². The van der Waals surface area contributed by atoms with Crippen molar-refractivity contribution in [2.75, 3.05) is 12.3 Å². The van der Waals surface area contributed by atoms with E-state index in [1.807, 2.05) is 0 Å². The highest BCUT2D eigenvalue weighted by Crippen LogP contribution is 2.30. The Labute approximate surface area is 122 Å². The molecule has 0 unspecified atom stereocenters. The molecule has 0 aliphatic carbocycles. The van der Waals surface area contributed by atoms with Crippen molar-refractivity contribution < 1.29 is 17.9 Å². The molecule has 3 nitrogen and oxygen atoms in total. The standard InChI is InChI=1S/C13H12BrF3N2O/c14-8-6-9-10(18)2-3-11(12(9)19-7-8)20-5-1-4-13(15,16)17/h2-3,6-7H,1,4-5,18H2. The number of hydrogen-bond acceptors (Lipinski definition) is 3. The highest BCUT2D eigenvalue weighted by molar-refractivity contribution is 9.10. The first-order chi connectivity index (χ1) is 9.37. The van der Waals surface area contributed by atoms with Crippen LogP contribution < -0.4 is 10.5 Å². The van der Waals surface area contributed by atoms with E-state index in [-0.39, 0.29) is 13.0 Å². The number of alkyl halides is 3. The summed E-state index contributed by atoms with van der Waals surface area (Å²) in [6, 6.07) is 5.06. The summed E-state index contributed by atoms with van der Waals surface area (Å²) in [7, 11) is 0. The number of ether oxygens (including phenoxy) is 1. The topological polar surface area (TPSA) is 48.1 Å². The summed E-state index contributed by atoms with van der Waals surface area (Å²) in [5, 5.41) is 0.702. The van der Waals surface area contributed by atoms with Crippen LogP contribution in [0.3, 0.4) is 0 Å². The molecule has 0 bridgehead atoms. The number of rotatable bonds is 4. The van der Waals surface area contributed by atoms with Gasteiger partial charge in [0.15, 0.2) is 0 Å². The lowest BCUT2D eigenvalue weighted by molar-refractivity contribution is -0.136. The molecule has 0 fully saturated rings. The normalized spacial score (nSPS) is 11.8. The molecule has 1 aromatic carbocycles. The van der Waals surface area contributed by atoms with Gasteiger partial charge in [0, 0.05) is 28.2 Å². The van der Waals surface area contributed by atoms with Crippen LogP contribution in [0.5, 0.6) is 5.75 Å². The van der Waals surface area contributed by atoms with Gasteiger partial charge in [-0.2, -0.15) is 13.2 Å². The van der Waals surface area contributed by atoms with E-state index in [0.29, 0.717) is 22.3 Å². The van der Waals surface area contributed by atoms with Gasteiger partial charge in [-0.05, 0) is 40.5 Å². The maximum absolute atomic E-state index is 12.0. The summed E-state index contributed by atoms with van der Waals surface area (Å²) in [5.41, 5.74) is 6.92. The molecule has 0 amide bonds. The summed E-state index contributed by atoms with van der Waals surface area (Å²) in [6.45, 7) is -0.0176. The average Bonchev–Trinajstić information content (AvgIpc) is 2.36. The molecule has 0 atom stereocenters. The van der Waals surface area contributed by atoms with Crippen LogP contribution in [0.2, 0.25) is 0 Å². The van der Waals surface area contributed by atoms with E-state index in [1.165, 1.54) is 0 Å². The third-order valence-corrected chi connectivity index (χ3v) is 3.11. The Morgan fingerprint density at radius 3 is 2.75 bits per heavy atom. The minimum atomic E-state index is -4.16. The maximum Gasteiger partial charge on any atom is 0.389 e. The molecule has 2 rings (SSSR count). The van der Waals surface area contributed by atoms with Crippen LogP contribution in [0.25, 0.3) is 10.9 Å². The van der Waals surface area contributed by atoms with Crippen molar-refractivity contribution in [1.82, 2.24) is 4.98 Å². The number of nitrogens with zero attached hydrogens (tertiary/aromatic N) is 1. The Morgan fingerprint density at radius 1 is 1.30 bits per heavy atom. The molecule has 20 heavy (non-hydrogen) atoms. The van der Waals surface area contributed by atoms with Gasteiger partial charge in [-0.1, -0.05) is 0 Å². The van der Waals surface area contributed by atoms with Crippen molar-refractivity contribution in [2.24, 2.45) is 0 Å². The molecule has 0 aliphatic heterocycles. The van der Waals surface area contributed by atoms with Crippen molar-refractivity contribution in [2.45, 2.75) is 19.0 Å². The van der Waals surface area contributed by atoms with Crippen molar-refractivity contribution >= 4 is 32.5 Å². The number of aromatic nitrogens is 1. The predicted octanol–water partition coefficient (Wildman–Crippen LogP) is 4.30. The third kappa shape index (κ3) is 3.75. The van der Waals surface area contributed by atoms with E-state index in [0.717, 1.165) is 4.47 Å². The second-order valence-corrected chi connectivity index (χ2v) is 5.19. The molecule has 7 heteroatoms. The van der Waals surface area contributed by atoms with Gasteiger partial charge in [0.25, 0.3) is 0 Å². The summed E-state index contributed by atoms with van der Waals surface area (Å²) in [5.74, 6) is 0.434. The van der Waals surface area contributed by atoms with Crippen LogP contribution in [0, 0.1) is 0 Å². The molecule has 0 aliphatic rings. The lowest BCUT2D eigenvalue weighted by atomic mass is 10.1. The Hall–Kier alpha value is -1.50. The zero-order valence-corrected chi connectivity index (χ0v) is 12.0. The number of benzene rings is 1. The number of fused-ring (bicyclic) bond motifs is 1. The number of nitrogen functional groups attached to an aromatic ring is 1. The first-order valence-corrected chi connectivity index (χ1v) is 6.69. The number of anilines is 1. The summed E-state index contributed by atoms with van der Waals surface area (Å²) < 4.78 is 42.3. The quantitative estimate of drug-likeness (QED) is 0.661. The zero-order valence-electron chi connectivity index (χ0n) is 10.4. The zero-order chi connectivity index (χ0) is 14.8. The predicted molar refractivity (Wildman–Crippen MR) is 74.6 cm³/mol. The number of halogens is 4. The van der Waals surface area contributed by atoms with Gasteiger partial charge >= 0.3 is 6.18 Å². The van der Waals surface area contributed by atoms with E-state index >= 15 is 0 Å². The lowest BCUT2D eigenvalue weighted by Crippen LogP contribution is -2.10. The number of nitrogens with two attached hydrogens (primary N) is 1.